The molecule has 1 heterocycles. The lowest BCUT2D eigenvalue weighted by Gasteiger charge is -2.09. The number of alkyl halides is 3. The molecule has 0 saturated heterocycles. The van der Waals surface area contributed by atoms with Gasteiger partial charge in [-0.05, 0) is 18.6 Å². The second kappa shape index (κ2) is 5.90. The first kappa shape index (κ1) is 13.8. The summed E-state index contributed by atoms with van der Waals surface area (Å²) in [5, 5.41) is 9.60. The smallest absolute Gasteiger partial charge is 0.360 e. The van der Waals surface area contributed by atoms with E-state index in [1.165, 1.54) is 0 Å². The first-order valence-electron chi connectivity index (χ1n) is 4.75. The molecule has 94 valence electrons. The third kappa shape index (κ3) is 3.12. The SMILES string of the molecule is CCOC(=O)c1nc(C(F)F)c(CBr)cc1O. The molecule has 0 fully saturated rings. The lowest BCUT2D eigenvalue weighted by molar-refractivity contribution is 0.0514. The van der Waals surface area contributed by atoms with E-state index in [1.54, 1.807) is 6.92 Å². The largest absolute Gasteiger partial charge is 0.505 e. The minimum Gasteiger partial charge on any atom is -0.505 e. The predicted molar refractivity (Wildman–Crippen MR) is 59.4 cm³/mol. The summed E-state index contributed by atoms with van der Waals surface area (Å²) in [4.78, 5) is 14.8. The van der Waals surface area contributed by atoms with Crippen LogP contribution in [0.15, 0.2) is 6.07 Å². The van der Waals surface area contributed by atoms with Crippen molar-refractivity contribution in [2.75, 3.05) is 6.61 Å². The van der Waals surface area contributed by atoms with E-state index in [2.05, 4.69) is 25.7 Å². The number of carbonyl (C=O) groups is 1. The molecule has 0 bridgehead atoms. The Morgan fingerprint density at radius 1 is 1.65 bits per heavy atom. The maximum absolute atomic E-state index is 12.7. The quantitative estimate of drug-likeness (QED) is 0.686. The van der Waals surface area contributed by atoms with Crippen LogP contribution in [0.3, 0.4) is 0 Å². The highest BCUT2D eigenvalue weighted by atomic mass is 79.9. The van der Waals surface area contributed by atoms with Crippen molar-refractivity contribution in [3.05, 3.63) is 23.0 Å². The van der Waals surface area contributed by atoms with Gasteiger partial charge < -0.3 is 9.84 Å². The molecule has 1 rings (SSSR count). The Bertz CT molecular complexity index is 426. The maximum atomic E-state index is 12.7. The fourth-order valence-electron chi connectivity index (χ4n) is 1.20. The van der Waals surface area contributed by atoms with Crippen LogP contribution < -0.4 is 0 Å². The Morgan fingerprint density at radius 3 is 2.76 bits per heavy atom. The van der Waals surface area contributed by atoms with E-state index in [9.17, 15) is 18.7 Å². The van der Waals surface area contributed by atoms with Gasteiger partial charge in [-0.2, -0.15) is 0 Å². The number of halogens is 3. The zero-order chi connectivity index (χ0) is 13.0. The molecule has 0 aliphatic heterocycles. The van der Waals surface area contributed by atoms with Crippen LogP contribution in [0.4, 0.5) is 8.78 Å². The van der Waals surface area contributed by atoms with Gasteiger partial charge in [-0.25, -0.2) is 18.6 Å². The summed E-state index contributed by atoms with van der Waals surface area (Å²) in [6.07, 6.45) is -2.82. The minimum absolute atomic E-state index is 0.0736. The molecule has 0 amide bonds. The summed E-state index contributed by atoms with van der Waals surface area (Å²) >= 11 is 3.00. The van der Waals surface area contributed by atoms with E-state index in [1.807, 2.05) is 0 Å². The van der Waals surface area contributed by atoms with Gasteiger partial charge in [0.1, 0.15) is 11.4 Å². The first-order valence-corrected chi connectivity index (χ1v) is 5.87. The molecule has 0 atom stereocenters. The number of carbonyl (C=O) groups excluding carboxylic acids is 1. The van der Waals surface area contributed by atoms with Crippen LogP contribution in [0.25, 0.3) is 0 Å². The molecule has 1 aromatic heterocycles. The van der Waals surface area contributed by atoms with Crippen molar-refractivity contribution in [2.45, 2.75) is 18.7 Å². The van der Waals surface area contributed by atoms with E-state index in [4.69, 9.17) is 0 Å². The highest BCUT2D eigenvalue weighted by Gasteiger charge is 2.22. The lowest BCUT2D eigenvalue weighted by Crippen LogP contribution is -2.10. The molecule has 0 unspecified atom stereocenters. The van der Waals surface area contributed by atoms with E-state index >= 15 is 0 Å². The Balaban J connectivity index is 3.24. The number of ether oxygens (including phenoxy) is 1. The van der Waals surface area contributed by atoms with Crippen LogP contribution in [0.2, 0.25) is 0 Å². The van der Waals surface area contributed by atoms with Gasteiger partial charge in [0.05, 0.1) is 6.61 Å². The number of aromatic hydroxyl groups is 1. The molecule has 7 heteroatoms. The van der Waals surface area contributed by atoms with Gasteiger partial charge in [0.2, 0.25) is 0 Å². The summed E-state index contributed by atoms with van der Waals surface area (Å²) in [6.45, 7) is 1.64. The molecule has 0 aliphatic rings. The van der Waals surface area contributed by atoms with Crippen LogP contribution in [0, 0.1) is 0 Å². The van der Waals surface area contributed by atoms with Gasteiger partial charge in [-0.1, -0.05) is 15.9 Å². The number of nitrogens with zero attached hydrogens (tertiary/aromatic N) is 1. The molecule has 0 radical (unpaired) electrons. The number of hydrogen-bond donors (Lipinski definition) is 1. The Morgan fingerprint density at radius 2 is 2.29 bits per heavy atom. The molecule has 1 N–H and O–H groups in total. The standard InChI is InChI=1S/C10H10BrF2NO3/c1-2-17-10(16)8-6(15)3-5(4-11)7(14-8)9(12)13/h3,9,15H,2,4H2,1H3. The van der Waals surface area contributed by atoms with Crippen LogP contribution in [-0.2, 0) is 10.1 Å². The Kier molecular flexibility index (Phi) is 4.80. The van der Waals surface area contributed by atoms with E-state index in [-0.39, 0.29) is 17.5 Å². The van der Waals surface area contributed by atoms with E-state index in [0.29, 0.717) is 0 Å². The third-order valence-corrected chi connectivity index (χ3v) is 2.54. The van der Waals surface area contributed by atoms with Crippen molar-refractivity contribution in [1.29, 1.82) is 0 Å². The van der Waals surface area contributed by atoms with Crippen LogP contribution in [0.1, 0.15) is 35.1 Å². The van der Waals surface area contributed by atoms with Crippen molar-refractivity contribution >= 4 is 21.9 Å². The molecular formula is C10H10BrF2NO3. The van der Waals surface area contributed by atoms with Crippen molar-refractivity contribution < 1.29 is 23.4 Å². The molecular weight excluding hydrogens is 300 g/mol. The lowest BCUT2D eigenvalue weighted by atomic mass is 10.2. The number of hydrogen-bond acceptors (Lipinski definition) is 4. The zero-order valence-corrected chi connectivity index (χ0v) is 10.5. The Hall–Kier alpha value is -1.24. The maximum Gasteiger partial charge on any atom is 0.360 e. The van der Waals surface area contributed by atoms with Gasteiger partial charge in [-0.3, -0.25) is 0 Å². The molecule has 0 aliphatic carbocycles. The normalized spacial score (nSPS) is 10.6. The van der Waals surface area contributed by atoms with Gasteiger partial charge in [0, 0.05) is 5.33 Å². The van der Waals surface area contributed by atoms with Crippen molar-refractivity contribution in [2.24, 2.45) is 0 Å². The summed E-state index contributed by atoms with van der Waals surface area (Å²) in [6, 6.07) is 1.08. The van der Waals surface area contributed by atoms with E-state index in [0.717, 1.165) is 6.07 Å². The van der Waals surface area contributed by atoms with Crippen molar-refractivity contribution in [3.8, 4) is 5.75 Å². The molecule has 4 nitrogen and oxygen atoms in total. The van der Waals surface area contributed by atoms with Crippen LogP contribution in [-0.4, -0.2) is 22.7 Å². The van der Waals surface area contributed by atoms with Crippen molar-refractivity contribution in [3.63, 3.8) is 0 Å². The average Bonchev–Trinajstić information content (AvgIpc) is 2.28. The van der Waals surface area contributed by atoms with Gasteiger partial charge in [-0.15, -0.1) is 0 Å². The first-order chi connectivity index (χ1) is 8.01. The fraction of sp³-hybridized carbons (Fsp3) is 0.400. The monoisotopic (exact) mass is 309 g/mol. The molecule has 1 aromatic rings. The second-order valence-corrected chi connectivity index (χ2v) is 3.62. The summed E-state index contributed by atoms with van der Waals surface area (Å²) in [5.74, 6) is -1.39. The number of esters is 1. The summed E-state index contributed by atoms with van der Waals surface area (Å²) < 4.78 is 29.9. The molecule has 17 heavy (non-hydrogen) atoms. The predicted octanol–water partition coefficient (Wildman–Crippen LogP) is 2.80. The Labute approximate surface area is 105 Å². The zero-order valence-electron chi connectivity index (χ0n) is 8.91. The minimum atomic E-state index is -2.82. The fourth-order valence-corrected chi connectivity index (χ4v) is 1.65. The van der Waals surface area contributed by atoms with E-state index < -0.39 is 29.5 Å². The van der Waals surface area contributed by atoms with Gasteiger partial charge in [0.15, 0.2) is 5.69 Å². The number of aromatic nitrogens is 1. The third-order valence-electron chi connectivity index (χ3n) is 1.93. The summed E-state index contributed by atoms with van der Waals surface area (Å²) in [5.41, 5.74) is -0.903. The van der Waals surface area contributed by atoms with Crippen LogP contribution in [0.5, 0.6) is 5.75 Å². The van der Waals surface area contributed by atoms with Crippen molar-refractivity contribution in [1.82, 2.24) is 4.98 Å². The summed E-state index contributed by atoms with van der Waals surface area (Å²) in [7, 11) is 0. The molecule has 0 saturated carbocycles. The molecule has 0 spiro atoms. The van der Waals surface area contributed by atoms with Gasteiger partial charge >= 0.3 is 5.97 Å². The van der Waals surface area contributed by atoms with Crippen LogP contribution >= 0.6 is 15.9 Å². The van der Waals surface area contributed by atoms with Gasteiger partial charge in [0.25, 0.3) is 6.43 Å². The highest BCUT2D eigenvalue weighted by Crippen LogP contribution is 2.28. The molecule has 0 aromatic carbocycles. The topological polar surface area (TPSA) is 59.4 Å². The highest BCUT2D eigenvalue weighted by molar-refractivity contribution is 9.08. The number of pyridine rings is 1. The average molecular weight is 310 g/mol. The second-order valence-electron chi connectivity index (χ2n) is 3.06. The number of rotatable bonds is 4.